The van der Waals surface area contributed by atoms with Gasteiger partial charge in [-0.2, -0.15) is 18.8 Å². The summed E-state index contributed by atoms with van der Waals surface area (Å²) in [6.45, 7) is 3.05. The molecule has 2 heteroatoms. The Labute approximate surface area is 94.9 Å². The van der Waals surface area contributed by atoms with E-state index < -0.39 is 0 Å². The van der Waals surface area contributed by atoms with Crippen LogP contribution in [0.4, 0.5) is 0 Å². The van der Waals surface area contributed by atoms with Gasteiger partial charge in [0.05, 0.1) is 0 Å². The molecule has 1 fully saturated rings. The van der Waals surface area contributed by atoms with Crippen molar-refractivity contribution in [3.05, 3.63) is 6.42 Å². The minimum Gasteiger partial charge on any atom is -0.505 e. The first-order valence-electron chi connectivity index (χ1n) is 4.16. The monoisotopic (exact) mass is 226 g/mol. The average Bonchev–Trinajstić information content (AvgIpc) is 2.41. The summed E-state index contributed by atoms with van der Waals surface area (Å²) < 4.78 is 0. The van der Waals surface area contributed by atoms with Crippen molar-refractivity contribution in [3.8, 4) is 0 Å². The van der Waals surface area contributed by atoms with Crippen LogP contribution < -0.4 is 0 Å². The molecule has 1 nitrogen and oxygen atoms in total. The average molecular weight is 226 g/mol. The van der Waals surface area contributed by atoms with Gasteiger partial charge in [0, 0.05) is 32.7 Å². The van der Waals surface area contributed by atoms with E-state index in [0.29, 0.717) is 0 Å². The molecule has 1 rings (SSSR count). The van der Waals surface area contributed by atoms with Gasteiger partial charge in [0.25, 0.3) is 0 Å². The SMILES string of the molecule is CC[C-]=NCC1[CH-]CCC1.[Y]. The third-order valence-corrected chi connectivity index (χ3v) is 1.87. The van der Waals surface area contributed by atoms with Crippen molar-refractivity contribution in [2.45, 2.75) is 32.6 Å². The van der Waals surface area contributed by atoms with Crippen LogP contribution in [0.2, 0.25) is 0 Å². The van der Waals surface area contributed by atoms with Gasteiger partial charge < -0.3 is 17.6 Å². The van der Waals surface area contributed by atoms with Crippen LogP contribution in [0.25, 0.3) is 0 Å². The van der Waals surface area contributed by atoms with E-state index in [-0.39, 0.29) is 32.7 Å². The molecule has 0 saturated heterocycles. The first-order valence-corrected chi connectivity index (χ1v) is 4.16. The summed E-state index contributed by atoms with van der Waals surface area (Å²) in [5.41, 5.74) is 0. The molecule has 1 saturated carbocycles. The predicted molar refractivity (Wildman–Crippen MR) is 44.2 cm³/mol. The standard InChI is InChI=1S/C9H15N.Y/c1-2-7-10-8-9-5-3-4-6-9;/h5,9H,2-4,6,8H2,1H3;/q-2;. The molecule has 0 aromatic rings. The maximum Gasteiger partial charge on any atom is 0 e. The third-order valence-electron chi connectivity index (χ3n) is 1.87. The van der Waals surface area contributed by atoms with Crippen molar-refractivity contribution in [1.29, 1.82) is 0 Å². The molecule has 0 spiro atoms. The Balaban J connectivity index is 0.000001000. The quantitative estimate of drug-likeness (QED) is 0.517. The van der Waals surface area contributed by atoms with Crippen molar-refractivity contribution in [2.24, 2.45) is 10.9 Å². The molecule has 1 radical (unpaired) electrons. The van der Waals surface area contributed by atoms with Gasteiger partial charge in [-0.1, -0.05) is 19.8 Å². The molecule has 1 aliphatic carbocycles. The first kappa shape index (κ1) is 11.8. The van der Waals surface area contributed by atoms with Gasteiger partial charge in [0.15, 0.2) is 0 Å². The summed E-state index contributed by atoms with van der Waals surface area (Å²) >= 11 is 0. The van der Waals surface area contributed by atoms with Crippen LogP contribution in [0.3, 0.4) is 0 Å². The summed E-state index contributed by atoms with van der Waals surface area (Å²) in [5.74, 6) is 0.763. The zero-order chi connectivity index (χ0) is 7.23. The van der Waals surface area contributed by atoms with E-state index in [1.54, 1.807) is 0 Å². The number of hydrogen-bond acceptors (Lipinski definition) is 1. The molecule has 0 aliphatic heterocycles. The van der Waals surface area contributed by atoms with Crippen LogP contribution >= 0.6 is 0 Å². The zero-order valence-electron chi connectivity index (χ0n) is 7.21. The van der Waals surface area contributed by atoms with Gasteiger partial charge in [-0.3, -0.25) is 0 Å². The summed E-state index contributed by atoms with van der Waals surface area (Å²) in [6, 6.07) is 0. The van der Waals surface area contributed by atoms with Gasteiger partial charge >= 0.3 is 0 Å². The van der Waals surface area contributed by atoms with Crippen LogP contribution in [-0.2, 0) is 32.7 Å². The Bertz CT molecular complexity index is 106. The molecule has 0 bridgehead atoms. The second-order valence-electron chi connectivity index (χ2n) is 2.78. The number of rotatable bonds is 3. The fraction of sp³-hybridized carbons (Fsp3) is 0.778. The molecule has 1 unspecified atom stereocenters. The topological polar surface area (TPSA) is 12.4 Å². The number of aliphatic imine (C=N–C) groups is 1. The molecule has 0 heterocycles. The van der Waals surface area contributed by atoms with Gasteiger partial charge in [0.1, 0.15) is 0 Å². The zero-order valence-corrected chi connectivity index (χ0v) is 10.1. The minimum atomic E-state index is 0. The van der Waals surface area contributed by atoms with E-state index in [9.17, 15) is 0 Å². The van der Waals surface area contributed by atoms with Crippen molar-refractivity contribution in [2.75, 3.05) is 6.54 Å². The van der Waals surface area contributed by atoms with Crippen molar-refractivity contribution in [3.63, 3.8) is 0 Å². The molecule has 1 aliphatic rings. The fourth-order valence-electron chi connectivity index (χ4n) is 1.31. The van der Waals surface area contributed by atoms with E-state index >= 15 is 0 Å². The van der Waals surface area contributed by atoms with Gasteiger partial charge in [-0.25, -0.2) is 0 Å². The van der Waals surface area contributed by atoms with Crippen molar-refractivity contribution >= 4 is 6.21 Å². The number of nitrogens with zero attached hydrogens (tertiary/aromatic N) is 1. The van der Waals surface area contributed by atoms with E-state index in [4.69, 9.17) is 0 Å². The second-order valence-corrected chi connectivity index (χ2v) is 2.78. The Hall–Kier alpha value is 0.774. The molecular weight excluding hydrogens is 211 g/mol. The Morgan fingerprint density at radius 1 is 1.64 bits per heavy atom. The van der Waals surface area contributed by atoms with Crippen LogP contribution in [-0.4, -0.2) is 12.8 Å². The van der Waals surface area contributed by atoms with Gasteiger partial charge in [-0.05, 0) is 6.54 Å². The second kappa shape index (κ2) is 7.42. The first-order chi connectivity index (χ1) is 4.93. The van der Waals surface area contributed by atoms with Gasteiger partial charge in [-0.15, -0.1) is 0 Å². The largest absolute Gasteiger partial charge is 0.505 e. The molecule has 1 atom stereocenters. The molecule has 11 heavy (non-hydrogen) atoms. The summed E-state index contributed by atoms with van der Waals surface area (Å²) in [6.07, 6.45) is 10.3. The Morgan fingerprint density at radius 3 is 3.00 bits per heavy atom. The van der Waals surface area contributed by atoms with Gasteiger partial charge in [0.2, 0.25) is 0 Å². The summed E-state index contributed by atoms with van der Waals surface area (Å²) in [5, 5.41) is 0. The normalized spacial score (nSPS) is 23.9. The smallest absolute Gasteiger partial charge is 0 e. The van der Waals surface area contributed by atoms with Crippen LogP contribution in [0.1, 0.15) is 32.6 Å². The predicted octanol–water partition coefficient (Wildman–Crippen LogP) is 2.35. The van der Waals surface area contributed by atoms with E-state index in [0.717, 1.165) is 18.9 Å². The van der Waals surface area contributed by atoms with Crippen LogP contribution in [0.15, 0.2) is 4.99 Å². The summed E-state index contributed by atoms with van der Waals surface area (Å²) in [4.78, 5) is 4.19. The molecule has 0 amide bonds. The Morgan fingerprint density at radius 2 is 2.45 bits per heavy atom. The number of hydrogen-bond donors (Lipinski definition) is 0. The van der Waals surface area contributed by atoms with E-state index in [1.165, 1.54) is 19.3 Å². The van der Waals surface area contributed by atoms with E-state index in [1.807, 2.05) is 0 Å². The van der Waals surface area contributed by atoms with Crippen molar-refractivity contribution < 1.29 is 32.7 Å². The van der Waals surface area contributed by atoms with Crippen LogP contribution in [0, 0.1) is 12.3 Å². The van der Waals surface area contributed by atoms with Crippen molar-refractivity contribution in [1.82, 2.24) is 0 Å². The maximum atomic E-state index is 4.19. The van der Waals surface area contributed by atoms with Crippen LogP contribution in [0.5, 0.6) is 0 Å². The maximum absolute atomic E-state index is 4.19. The Kier molecular flexibility index (Phi) is 7.95. The molecule has 0 N–H and O–H groups in total. The molecule has 0 aromatic carbocycles. The molecule has 0 aromatic heterocycles. The fourth-order valence-corrected chi connectivity index (χ4v) is 1.31. The molecular formula is C9H15NY-2. The summed E-state index contributed by atoms with van der Waals surface area (Å²) in [7, 11) is 0. The van der Waals surface area contributed by atoms with E-state index in [2.05, 4.69) is 24.6 Å². The molecule has 61 valence electrons. The minimum absolute atomic E-state index is 0. The third kappa shape index (κ3) is 5.08.